The van der Waals surface area contributed by atoms with Crippen molar-refractivity contribution in [3.63, 3.8) is 0 Å². The van der Waals surface area contributed by atoms with E-state index in [9.17, 15) is 4.79 Å². The molecule has 0 aliphatic carbocycles. The zero-order valence-corrected chi connectivity index (χ0v) is 7.40. The Kier molecular flexibility index (Phi) is 4.37. The number of hydrogen-bond donors (Lipinski definition) is 0. The third-order valence-corrected chi connectivity index (χ3v) is 1.66. The van der Waals surface area contributed by atoms with Crippen LogP contribution in [0.1, 0.15) is 27.2 Å². The number of carbonyl (C=O) groups excluding carboxylic acids is 1. The van der Waals surface area contributed by atoms with Gasteiger partial charge in [0.2, 0.25) is 0 Å². The summed E-state index contributed by atoms with van der Waals surface area (Å²) in [6.07, 6.45) is 2.62. The molecule has 0 aromatic carbocycles. The van der Waals surface area contributed by atoms with Crippen LogP contribution in [0.15, 0.2) is 11.6 Å². The van der Waals surface area contributed by atoms with Gasteiger partial charge in [-0.3, -0.25) is 4.79 Å². The molecule has 0 saturated carbocycles. The van der Waals surface area contributed by atoms with Crippen molar-refractivity contribution in [2.24, 2.45) is 0 Å². The van der Waals surface area contributed by atoms with E-state index in [-0.39, 0.29) is 11.2 Å². The van der Waals surface area contributed by atoms with E-state index in [2.05, 4.69) is 0 Å². The molecule has 0 heterocycles. The van der Waals surface area contributed by atoms with E-state index in [1.807, 2.05) is 19.9 Å². The number of rotatable bonds is 3. The molecule has 0 spiro atoms. The van der Waals surface area contributed by atoms with Crippen molar-refractivity contribution >= 4 is 17.4 Å². The lowest BCUT2D eigenvalue weighted by molar-refractivity contribution is -0.116. The SMILES string of the molecule is CC(=O)C(Cl)CC=C(C)C. The summed E-state index contributed by atoms with van der Waals surface area (Å²) in [5, 5.41) is -0.338. The summed E-state index contributed by atoms with van der Waals surface area (Å²) in [5.41, 5.74) is 1.20. The van der Waals surface area contributed by atoms with Crippen LogP contribution in [-0.2, 0) is 4.79 Å². The zero-order valence-electron chi connectivity index (χ0n) is 6.65. The van der Waals surface area contributed by atoms with Crippen molar-refractivity contribution in [1.82, 2.24) is 0 Å². The van der Waals surface area contributed by atoms with Crippen LogP contribution in [0.25, 0.3) is 0 Å². The second-order valence-corrected chi connectivity index (χ2v) is 3.12. The summed E-state index contributed by atoms with van der Waals surface area (Å²) in [7, 11) is 0. The Bertz CT molecular complexity index is 145. The number of carbonyl (C=O) groups is 1. The van der Waals surface area contributed by atoms with Gasteiger partial charge in [-0.2, -0.15) is 0 Å². The first kappa shape index (κ1) is 9.70. The molecule has 0 rings (SSSR count). The van der Waals surface area contributed by atoms with Gasteiger partial charge in [0.25, 0.3) is 0 Å². The lowest BCUT2D eigenvalue weighted by Crippen LogP contribution is -2.08. The molecule has 0 aliphatic heterocycles. The number of alkyl halides is 1. The fourth-order valence-corrected chi connectivity index (χ4v) is 0.594. The Morgan fingerprint density at radius 1 is 1.50 bits per heavy atom. The van der Waals surface area contributed by atoms with E-state index in [1.54, 1.807) is 0 Å². The van der Waals surface area contributed by atoms with Crippen LogP contribution in [0, 0.1) is 0 Å². The van der Waals surface area contributed by atoms with Gasteiger partial charge in [-0.1, -0.05) is 11.6 Å². The summed E-state index contributed by atoms with van der Waals surface area (Å²) >= 11 is 5.67. The minimum atomic E-state index is -0.338. The monoisotopic (exact) mass is 160 g/mol. The molecule has 1 unspecified atom stereocenters. The predicted molar refractivity (Wildman–Crippen MR) is 44.4 cm³/mol. The van der Waals surface area contributed by atoms with Crippen molar-refractivity contribution in [3.8, 4) is 0 Å². The van der Waals surface area contributed by atoms with Gasteiger partial charge in [0.15, 0.2) is 0 Å². The Morgan fingerprint density at radius 2 is 2.00 bits per heavy atom. The van der Waals surface area contributed by atoms with Crippen LogP contribution >= 0.6 is 11.6 Å². The fourth-order valence-electron chi connectivity index (χ4n) is 0.505. The number of halogens is 1. The maximum absolute atomic E-state index is 10.6. The molecule has 0 aromatic rings. The first-order valence-electron chi connectivity index (χ1n) is 3.32. The number of ketones is 1. The van der Waals surface area contributed by atoms with Gasteiger partial charge in [0, 0.05) is 0 Å². The van der Waals surface area contributed by atoms with Crippen LogP contribution in [0.2, 0.25) is 0 Å². The van der Waals surface area contributed by atoms with Crippen LogP contribution < -0.4 is 0 Å². The van der Waals surface area contributed by atoms with Gasteiger partial charge in [0.05, 0.1) is 5.38 Å². The Hall–Kier alpha value is -0.300. The van der Waals surface area contributed by atoms with E-state index in [0.29, 0.717) is 6.42 Å². The Labute approximate surface area is 67.1 Å². The van der Waals surface area contributed by atoms with E-state index >= 15 is 0 Å². The quantitative estimate of drug-likeness (QED) is 0.458. The average molecular weight is 161 g/mol. The maximum Gasteiger partial charge on any atom is 0.147 e. The van der Waals surface area contributed by atoms with Crippen LogP contribution in [0.4, 0.5) is 0 Å². The van der Waals surface area contributed by atoms with E-state index < -0.39 is 0 Å². The molecular weight excluding hydrogens is 148 g/mol. The molecule has 0 aromatic heterocycles. The summed E-state index contributed by atoms with van der Waals surface area (Å²) in [6.45, 7) is 5.49. The van der Waals surface area contributed by atoms with Crippen LogP contribution in [0.3, 0.4) is 0 Å². The van der Waals surface area contributed by atoms with Gasteiger partial charge in [0.1, 0.15) is 5.78 Å². The number of allylic oxidation sites excluding steroid dienone is 2. The fraction of sp³-hybridized carbons (Fsp3) is 0.625. The molecule has 0 amide bonds. The van der Waals surface area contributed by atoms with Gasteiger partial charge in [-0.15, -0.1) is 11.6 Å². The topological polar surface area (TPSA) is 17.1 Å². The van der Waals surface area contributed by atoms with Gasteiger partial charge in [-0.05, 0) is 27.2 Å². The van der Waals surface area contributed by atoms with Crippen molar-refractivity contribution in [2.45, 2.75) is 32.6 Å². The molecule has 0 radical (unpaired) electrons. The molecule has 0 saturated heterocycles. The second kappa shape index (κ2) is 4.51. The largest absolute Gasteiger partial charge is 0.298 e. The van der Waals surface area contributed by atoms with Crippen molar-refractivity contribution < 1.29 is 4.79 Å². The van der Waals surface area contributed by atoms with E-state index in [0.717, 1.165) is 0 Å². The summed E-state index contributed by atoms with van der Waals surface area (Å²) in [4.78, 5) is 10.6. The Morgan fingerprint density at radius 3 is 2.30 bits per heavy atom. The van der Waals surface area contributed by atoms with Crippen molar-refractivity contribution in [1.29, 1.82) is 0 Å². The van der Waals surface area contributed by atoms with Crippen LogP contribution in [-0.4, -0.2) is 11.2 Å². The lowest BCUT2D eigenvalue weighted by atomic mass is 10.2. The smallest absolute Gasteiger partial charge is 0.147 e. The molecule has 0 aliphatic rings. The third-order valence-electron chi connectivity index (χ3n) is 1.17. The summed E-state index contributed by atoms with van der Waals surface area (Å²) in [6, 6.07) is 0. The summed E-state index contributed by atoms with van der Waals surface area (Å²) in [5.74, 6) is 0.0409. The van der Waals surface area contributed by atoms with Gasteiger partial charge >= 0.3 is 0 Å². The van der Waals surface area contributed by atoms with Crippen molar-refractivity contribution in [2.75, 3.05) is 0 Å². The second-order valence-electron chi connectivity index (χ2n) is 2.60. The zero-order chi connectivity index (χ0) is 8.15. The highest BCUT2D eigenvalue weighted by Gasteiger charge is 2.06. The highest BCUT2D eigenvalue weighted by molar-refractivity contribution is 6.30. The Balaban J connectivity index is 3.70. The molecule has 2 heteroatoms. The molecule has 0 bridgehead atoms. The van der Waals surface area contributed by atoms with Crippen molar-refractivity contribution in [3.05, 3.63) is 11.6 Å². The van der Waals surface area contributed by atoms with Crippen LogP contribution in [0.5, 0.6) is 0 Å². The lowest BCUT2D eigenvalue weighted by Gasteiger charge is -1.99. The predicted octanol–water partition coefficient (Wildman–Crippen LogP) is 2.54. The number of hydrogen-bond acceptors (Lipinski definition) is 1. The summed E-state index contributed by atoms with van der Waals surface area (Å²) < 4.78 is 0. The minimum absolute atomic E-state index is 0.0409. The highest BCUT2D eigenvalue weighted by atomic mass is 35.5. The molecule has 0 N–H and O–H groups in total. The number of Topliss-reactive ketones (excluding diaryl/α,β-unsaturated/α-hetero) is 1. The first-order valence-corrected chi connectivity index (χ1v) is 3.75. The van der Waals surface area contributed by atoms with E-state index in [1.165, 1.54) is 12.5 Å². The molecule has 1 nitrogen and oxygen atoms in total. The first-order chi connectivity index (χ1) is 4.54. The van der Waals surface area contributed by atoms with Gasteiger partial charge in [-0.25, -0.2) is 0 Å². The minimum Gasteiger partial charge on any atom is -0.298 e. The third kappa shape index (κ3) is 4.57. The molecule has 10 heavy (non-hydrogen) atoms. The highest BCUT2D eigenvalue weighted by Crippen LogP contribution is 2.05. The molecular formula is C8H13ClO. The molecule has 58 valence electrons. The molecule has 0 fully saturated rings. The van der Waals surface area contributed by atoms with Gasteiger partial charge < -0.3 is 0 Å². The van der Waals surface area contributed by atoms with E-state index in [4.69, 9.17) is 11.6 Å². The normalized spacial score (nSPS) is 12.4. The average Bonchev–Trinajstić information content (AvgIpc) is 1.82. The standard InChI is InChI=1S/C8H13ClO/c1-6(2)4-5-8(9)7(3)10/h4,8H,5H2,1-3H3. The maximum atomic E-state index is 10.6. The molecule has 1 atom stereocenters.